The second-order valence-electron chi connectivity index (χ2n) is 4.81. The summed E-state index contributed by atoms with van der Waals surface area (Å²) in [5.74, 6) is -0.893. The summed E-state index contributed by atoms with van der Waals surface area (Å²) in [7, 11) is 0. The lowest BCUT2D eigenvalue weighted by molar-refractivity contribution is 0.0696. The van der Waals surface area contributed by atoms with Gasteiger partial charge in [0.2, 0.25) is 0 Å². The average molecular weight is 264 g/mol. The van der Waals surface area contributed by atoms with Crippen molar-refractivity contribution in [2.24, 2.45) is 5.92 Å². The average Bonchev–Trinajstić information content (AvgIpc) is 2.78. The number of rotatable bonds is 2. The fraction of sp³-hybridized carbons (Fsp3) is 0.385. The van der Waals surface area contributed by atoms with Crippen LogP contribution < -0.4 is 5.32 Å². The Labute approximate surface area is 110 Å². The van der Waals surface area contributed by atoms with E-state index in [0.717, 1.165) is 12.5 Å². The molecule has 1 aromatic carbocycles. The minimum absolute atomic E-state index is 0.0229. The summed E-state index contributed by atoms with van der Waals surface area (Å²) in [4.78, 5) is 24.3. The van der Waals surface area contributed by atoms with Gasteiger partial charge in [0, 0.05) is 13.1 Å². The fourth-order valence-corrected chi connectivity index (χ4v) is 2.08. The van der Waals surface area contributed by atoms with E-state index in [0.29, 0.717) is 19.0 Å². The van der Waals surface area contributed by atoms with E-state index in [2.05, 4.69) is 12.2 Å². The Bertz CT molecular complexity index is 515. The highest BCUT2D eigenvalue weighted by atomic mass is 16.4. The minimum atomic E-state index is -1.12. The van der Waals surface area contributed by atoms with Gasteiger partial charge in [0.15, 0.2) is 0 Å². The first-order chi connectivity index (χ1) is 8.97. The number of carbonyl (C=O) groups is 2. The van der Waals surface area contributed by atoms with Crippen molar-refractivity contribution in [2.75, 3.05) is 18.4 Å². The van der Waals surface area contributed by atoms with Gasteiger partial charge in [-0.1, -0.05) is 6.92 Å². The molecule has 1 aliphatic rings. The molecular formula is C13H16N2O4. The van der Waals surface area contributed by atoms with Crippen molar-refractivity contribution >= 4 is 17.7 Å². The number of carboxylic acids is 1. The zero-order chi connectivity index (χ0) is 14.0. The highest BCUT2D eigenvalue weighted by molar-refractivity contribution is 5.93. The summed E-state index contributed by atoms with van der Waals surface area (Å²) in [6, 6.07) is 3.56. The maximum absolute atomic E-state index is 11.9. The maximum Gasteiger partial charge on any atom is 0.335 e. The van der Waals surface area contributed by atoms with E-state index in [1.807, 2.05) is 0 Å². The van der Waals surface area contributed by atoms with Crippen LogP contribution in [0.5, 0.6) is 5.75 Å². The van der Waals surface area contributed by atoms with Crippen molar-refractivity contribution in [3.8, 4) is 5.75 Å². The summed E-state index contributed by atoms with van der Waals surface area (Å²) < 4.78 is 0. The monoisotopic (exact) mass is 264 g/mol. The number of likely N-dealkylation sites (tertiary alicyclic amines) is 1. The highest BCUT2D eigenvalue weighted by Gasteiger charge is 2.23. The molecule has 2 amide bonds. The topological polar surface area (TPSA) is 89.9 Å². The zero-order valence-corrected chi connectivity index (χ0v) is 10.6. The van der Waals surface area contributed by atoms with Gasteiger partial charge >= 0.3 is 12.0 Å². The molecule has 0 spiro atoms. The van der Waals surface area contributed by atoms with Crippen LogP contribution >= 0.6 is 0 Å². The third-order valence-corrected chi connectivity index (χ3v) is 3.20. The smallest absolute Gasteiger partial charge is 0.335 e. The molecule has 0 aromatic heterocycles. The summed E-state index contributed by atoms with van der Waals surface area (Å²) in [6.45, 7) is 3.47. The van der Waals surface area contributed by atoms with Crippen molar-refractivity contribution in [2.45, 2.75) is 13.3 Å². The van der Waals surface area contributed by atoms with Crippen molar-refractivity contribution in [3.05, 3.63) is 23.8 Å². The number of amides is 2. The van der Waals surface area contributed by atoms with E-state index in [9.17, 15) is 14.7 Å². The molecule has 1 aliphatic heterocycles. The predicted molar refractivity (Wildman–Crippen MR) is 69.4 cm³/mol. The van der Waals surface area contributed by atoms with Crippen LogP contribution in [0.25, 0.3) is 0 Å². The lowest BCUT2D eigenvalue weighted by Crippen LogP contribution is -2.32. The van der Waals surface area contributed by atoms with Gasteiger partial charge in [0.1, 0.15) is 5.75 Å². The molecule has 0 radical (unpaired) electrons. The van der Waals surface area contributed by atoms with Crippen LogP contribution in [0, 0.1) is 5.92 Å². The third kappa shape index (κ3) is 2.96. The summed E-state index contributed by atoms with van der Waals surface area (Å²) in [6.07, 6.45) is 0.970. The lowest BCUT2D eigenvalue weighted by Gasteiger charge is -2.17. The first-order valence-electron chi connectivity index (χ1n) is 6.09. The summed E-state index contributed by atoms with van der Waals surface area (Å²) in [5.41, 5.74) is 0.194. The normalized spacial score (nSPS) is 18.4. The molecule has 1 saturated heterocycles. The van der Waals surface area contributed by atoms with E-state index >= 15 is 0 Å². The first-order valence-corrected chi connectivity index (χ1v) is 6.09. The quantitative estimate of drug-likeness (QED) is 0.712. The molecule has 0 aliphatic carbocycles. The summed E-state index contributed by atoms with van der Waals surface area (Å²) >= 11 is 0. The zero-order valence-electron chi connectivity index (χ0n) is 10.6. The van der Waals surface area contributed by atoms with E-state index in [1.165, 1.54) is 12.1 Å². The molecule has 102 valence electrons. The van der Waals surface area contributed by atoms with E-state index in [-0.39, 0.29) is 23.0 Å². The third-order valence-electron chi connectivity index (χ3n) is 3.20. The van der Waals surface area contributed by atoms with Crippen LogP contribution in [0.4, 0.5) is 10.5 Å². The first kappa shape index (κ1) is 13.2. The number of nitrogens with one attached hydrogen (secondary N) is 1. The Morgan fingerprint density at radius 1 is 1.42 bits per heavy atom. The van der Waals surface area contributed by atoms with Crippen molar-refractivity contribution in [1.29, 1.82) is 0 Å². The van der Waals surface area contributed by atoms with Gasteiger partial charge in [-0.15, -0.1) is 0 Å². The Kier molecular flexibility index (Phi) is 3.59. The highest BCUT2D eigenvalue weighted by Crippen LogP contribution is 2.25. The Morgan fingerprint density at radius 2 is 2.16 bits per heavy atom. The number of phenolic OH excluding ortho intramolecular Hbond substituents is 1. The number of urea groups is 1. The molecular weight excluding hydrogens is 248 g/mol. The number of benzene rings is 1. The van der Waals surface area contributed by atoms with Crippen molar-refractivity contribution in [3.63, 3.8) is 0 Å². The molecule has 3 N–H and O–H groups in total. The molecule has 1 fully saturated rings. The number of carboxylic acid groups (broad SMARTS) is 1. The second-order valence-corrected chi connectivity index (χ2v) is 4.81. The number of aromatic hydroxyl groups is 1. The predicted octanol–water partition coefficient (Wildman–Crippen LogP) is 1.96. The standard InChI is InChI=1S/C13H16N2O4/c1-8-4-5-15(7-8)13(19)14-10-3-2-9(12(17)18)6-11(10)16/h2-3,6,8,16H,4-5,7H2,1H3,(H,14,19)(H,17,18). The Balaban J connectivity index is 2.07. The van der Waals surface area contributed by atoms with Gasteiger partial charge in [-0.3, -0.25) is 0 Å². The van der Waals surface area contributed by atoms with Crippen LogP contribution in [0.3, 0.4) is 0 Å². The molecule has 6 nitrogen and oxygen atoms in total. The Morgan fingerprint density at radius 3 is 2.68 bits per heavy atom. The summed E-state index contributed by atoms with van der Waals surface area (Å²) in [5, 5.41) is 21.0. The van der Waals surface area contributed by atoms with E-state index in [1.54, 1.807) is 4.90 Å². The van der Waals surface area contributed by atoms with Gasteiger partial charge in [-0.2, -0.15) is 0 Å². The molecule has 2 rings (SSSR count). The van der Waals surface area contributed by atoms with E-state index in [4.69, 9.17) is 5.11 Å². The molecule has 1 aromatic rings. The van der Waals surface area contributed by atoms with Crippen molar-refractivity contribution < 1.29 is 19.8 Å². The van der Waals surface area contributed by atoms with Gasteiger partial charge in [-0.05, 0) is 30.5 Å². The van der Waals surface area contributed by atoms with Crippen LogP contribution in [-0.4, -0.2) is 40.2 Å². The SMILES string of the molecule is CC1CCN(C(=O)Nc2ccc(C(=O)O)cc2O)C1. The number of aromatic carboxylic acids is 1. The van der Waals surface area contributed by atoms with Crippen LogP contribution in [0.1, 0.15) is 23.7 Å². The van der Waals surface area contributed by atoms with Crippen LogP contribution in [-0.2, 0) is 0 Å². The van der Waals surface area contributed by atoms with Crippen LogP contribution in [0.2, 0.25) is 0 Å². The molecule has 1 heterocycles. The molecule has 1 atom stereocenters. The number of hydrogen-bond donors (Lipinski definition) is 3. The Hall–Kier alpha value is -2.24. The minimum Gasteiger partial charge on any atom is -0.506 e. The molecule has 19 heavy (non-hydrogen) atoms. The van der Waals surface area contributed by atoms with Gasteiger partial charge < -0.3 is 20.4 Å². The lowest BCUT2D eigenvalue weighted by atomic mass is 10.2. The maximum atomic E-state index is 11.9. The molecule has 6 heteroatoms. The van der Waals surface area contributed by atoms with E-state index < -0.39 is 5.97 Å². The number of anilines is 1. The number of hydrogen-bond acceptors (Lipinski definition) is 3. The molecule has 1 unspecified atom stereocenters. The number of nitrogens with zero attached hydrogens (tertiary/aromatic N) is 1. The van der Waals surface area contributed by atoms with Gasteiger partial charge in [0.25, 0.3) is 0 Å². The van der Waals surface area contributed by atoms with Crippen LogP contribution in [0.15, 0.2) is 18.2 Å². The van der Waals surface area contributed by atoms with Gasteiger partial charge in [-0.25, -0.2) is 9.59 Å². The fourth-order valence-electron chi connectivity index (χ4n) is 2.08. The van der Waals surface area contributed by atoms with Gasteiger partial charge in [0.05, 0.1) is 11.3 Å². The molecule has 0 bridgehead atoms. The van der Waals surface area contributed by atoms with Crippen molar-refractivity contribution in [1.82, 2.24) is 4.90 Å². The molecule has 0 saturated carbocycles. The largest absolute Gasteiger partial charge is 0.506 e. The number of phenols is 1. The second kappa shape index (κ2) is 5.17. The number of carbonyl (C=O) groups excluding carboxylic acids is 1.